The molecule has 0 amide bonds. The molecule has 0 bridgehead atoms. The Kier molecular flexibility index (Phi) is 2.42. The molecule has 0 unspecified atom stereocenters. The van der Waals surface area contributed by atoms with Gasteiger partial charge in [-0.15, -0.1) is 5.10 Å². The number of nitrogens with zero attached hydrogens (tertiary/aromatic N) is 3. The zero-order chi connectivity index (χ0) is 10.1. The van der Waals surface area contributed by atoms with Crippen LogP contribution in [0.2, 0.25) is 0 Å². The molecule has 0 saturated heterocycles. The van der Waals surface area contributed by atoms with E-state index in [0.29, 0.717) is 16.5 Å². The number of aromatic nitrogens is 5. The Bertz CT molecular complexity index is 480. The van der Waals surface area contributed by atoms with E-state index in [-0.39, 0.29) is 0 Å². The van der Waals surface area contributed by atoms with Gasteiger partial charge in [-0.2, -0.15) is 4.98 Å². The van der Waals surface area contributed by atoms with E-state index in [0.717, 1.165) is 10.6 Å². The van der Waals surface area contributed by atoms with Crippen molar-refractivity contribution in [2.45, 2.75) is 19.8 Å². The first-order valence-corrected chi connectivity index (χ1v) is 5.34. The topological polar surface area (TPSA) is 70.2 Å². The maximum Gasteiger partial charge on any atom is 0.213 e. The summed E-state index contributed by atoms with van der Waals surface area (Å²) in [6, 6.07) is 0. The van der Waals surface area contributed by atoms with Gasteiger partial charge in [0.2, 0.25) is 4.77 Å². The first-order valence-electron chi connectivity index (χ1n) is 4.16. The van der Waals surface area contributed by atoms with Gasteiger partial charge in [-0.05, 0) is 29.7 Å². The molecule has 2 N–H and O–H groups in total. The third-order valence-electron chi connectivity index (χ3n) is 1.78. The molecule has 0 atom stereocenters. The molecule has 0 aliphatic carbocycles. The van der Waals surface area contributed by atoms with Crippen molar-refractivity contribution in [3.63, 3.8) is 0 Å². The molecular weight excluding hydrogens is 218 g/mol. The predicted molar refractivity (Wildman–Crippen MR) is 56.8 cm³/mol. The first-order chi connectivity index (χ1) is 6.68. The van der Waals surface area contributed by atoms with Gasteiger partial charge in [-0.1, -0.05) is 18.3 Å². The summed E-state index contributed by atoms with van der Waals surface area (Å²) >= 11 is 6.20. The van der Waals surface area contributed by atoms with Crippen molar-refractivity contribution in [2.75, 3.05) is 0 Å². The van der Waals surface area contributed by atoms with Crippen LogP contribution < -0.4 is 0 Å². The lowest BCUT2D eigenvalue weighted by Gasteiger charge is -1.99. The van der Waals surface area contributed by atoms with Gasteiger partial charge < -0.3 is 0 Å². The van der Waals surface area contributed by atoms with E-state index < -0.39 is 0 Å². The summed E-state index contributed by atoms with van der Waals surface area (Å²) in [5.41, 5.74) is 0.952. The zero-order valence-electron chi connectivity index (χ0n) is 7.74. The Morgan fingerprint density at radius 3 is 2.71 bits per heavy atom. The highest BCUT2D eigenvalue weighted by Gasteiger charge is 2.15. The second kappa shape index (κ2) is 3.58. The third kappa shape index (κ3) is 1.60. The lowest BCUT2D eigenvalue weighted by Crippen LogP contribution is -1.91. The Balaban J connectivity index is 2.51. The fraction of sp³-hybridized carbons (Fsp3) is 0.429. The third-order valence-corrected chi connectivity index (χ3v) is 2.72. The molecule has 0 saturated carbocycles. The quantitative estimate of drug-likeness (QED) is 0.771. The summed E-state index contributed by atoms with van der Waals surface area (Å²) in [5, 5.41) is 9.71. The minimum atomic E-state index is 0.336. The van der Waals surface area contributed by atoms with Crippen molar-refractivity contribution < 1.29 is 0 Å². The van der Waals surface area contributed by atoms with Crippen LogP contribution in [-0.4, -0.2) is 24.8 Å². The van der Waals surface area contributed by atoms with Crippen molar-refractivity contribution in [2.24, 2.45) is 0 Å². The van der Waals surface area contributed by atoms with Gasteiger partial charge in [0.05, 0.1) is 5.69 Å². The molecule has 74 valence electrons. The van der Waals surface area contributed by atoms with E-state index in [9.17, 15) is 0 Å². The molecule has 0 radical (unpaired) electrons. The Morgan fingerprint density at radius 1 is 1.36 bits per heavy atom. The van der Waals surface area contributed by atoms with Crippen LogP contribution >= 0.6 is 23.8 Å². The van der Waals surface area contributed by atoms with E-state index in [1.165, 1.54) is 11.5 Å². The summed E-state index contributed by atoms with van der Waals surface area (Å²) < 4.78 is 4.36. The smallest absolute Gasteiger partial charge is 0.213 e. The summed E-state index contributed by atoms with van der Waals surface area (Å²) in [5.74, 6) is 1.05. The highest BCUT2D eigenvalue weighted by atomic mass is 32.1. The van der Waals surface area contributed by atoms with Crippen LogP contribution in [0.3, 0.4) is 0 Å². The van der Waals surface area contributed by atoms with Crippen LogP contribution in [0, 0.1) is 4.77 Å². The van der Waals surface area contributed by atoms with Crippen LogP contribution in [0.5, 0.6) is 0 Å². The zero-order valence-corrected chi connectivity index (χ0v) is 9.37. The highest BCUT2D eigenvalue weighted by Crippen LogP contribution is 2.27. The molecular formula is C7H9N5S2. The van der Waals surface area contributed by atoms with Crippen molar-refractivity contribution >= 4 is 23.8 Å². The Hall–Kier alpha value is -1.08. The minimum Gasteiger partial charge on any atom is -0.281 e. The van der Waals surface area contributed by atoms with Crippen LogP contribution in [0.1, 0.15) is 25.5 Å². The molecule has 0 fully saturated rings. The average Bonchev–Trinajstić information content (AvgIpc) is 2.70. The lowest BCUT2D eigenvalue weighted by atomic mass is 10.1. The highest BCUT2D eigenvalue weighted by molar-refractivity contribution is 7.71. The second-order valence-electron chi connectivity index (χ2n) is 3.16. The van der Waals surface area contributed by atoms with Crippen molar-refractivity contribution in [1.82, 2.24) is 24.8 Å². The summed E-state index contributed by atoms with van der Waals surface area (Å²) in [6.07, 6.45) is 0. The molecule has 14 heavy (non-hydrogen) atoms. The molecule has 2 aromatic rings. The Labute approximate surface area is 89.7 Å². The molecule has 0 aromatic carbocycles. The van der Waals surface area contributed by atoms with Gasteiger partial charge in [0.15, 0.2) is 5.82 Å². The van der Waals surface area contributed by atoms with E-state index in [1.807, 2.05) is 0 Å². The van der Waals surface area contributed by atoms with E-state index in [1.54, 1.807) is 0 Å². The monoisotopic (exact) mass is 227 g/mol. The molecule has 2 aromatic heterocycles. The van der Waals surface area contributed by atoms with E-state index >= 15 is 0 Å². The van der Waals surface area contributed by atoms with E-state index in [4.69, 9.17) is 12.2 Å². The second-order valence-corrected chi connectivity index (χ2v) is 4.30. The number of rotatable bonds is 2. The Morgan fingerprint density at radius 2 is 2.14 bits per heavy atom. The summed E-state index contributed by atoms with van der Waals surface area (Å²) in [4.78, 5) is 5.08. The predicted octanol–water partition coefficient (Wildman–Crippen LogP) is 2.11. The molecule has 5 nitrogen and oxygen atoms in total. The molecule has 7 heteroatoms. The summed E-state index contributed by atoms with van der Waals surface area (Å²) in [7, 11) is 0. The maximum atomic E-state index is 4.88. The fourth-order valence-corrected chi connectivity index (χ4v) is 2.02. The van der Waals surface area contributed by atoms with E-state index in [2.05, 4.69) is 38.6 Å². The van der Waals surface area contributed by atoms with Crippen molar-refractivity contribution in [3.05, 3.63) is 10.5 Å². The average molecular weight is 227 g/mol. The standard InChI is InChI=1S/C7H9N5S2/c1-3(2)4-5(14-12-9-4)6-8-7(13)11-10-6/h3H,1-2H3,(H2,8,10,11,13). The van der Waals surface area contributed by atoms with Gasteiger partial charge in [0.1, 0.15) is 4.88 Å². The summed E-state index contributed by atoms with van der Waals surface area (Å²) in [6.45, 7) is 4.14. The number of hydrogen-bond acceptors (Lipinski definition) is 5. The molecule has 2 rings (SSSR count). The first kappa shape index (κ1) is 9.47. The van der Waals surface area contributed by atoms with Crippen LogP contribution in [0.25, 0.3) is 10.7 Å². The van der Waals surface area contributed by atoms with Crippen LogP contribution in [0.15, 0.2) is 0 Å². The molecule has 2 heterocycles. The number of H-pyrrole nitrogens is 2. The van der Waals surface area contributed by atoms with Gasteiger partial charge in [-0.25, -0.2) is 0 Å². The normalized spacial score (nSPS) is 11.1. The van der Waals surface area contributed by atoms with Gasteiger partial charge in [0, 0.05) is 0 Å². The van der Waals surface area contributed by atoms with Crippen molar-refractivity contribution in [1.29, 1.82) is 0 Å². The van der Waals surface area contributed by atoms with Crippen LogP contribution in [0.4, 0.5) is 0 Å². The molecule has 0 aliphatic rings. The number of hydrogen-bond donors (Lipinski definition) is 2. The maximum absolute atomic E-state index is 4.88. The lowest BCUT2D eigenvalue weighted by molar-refractivity contribution is 0.812. The van der Waals surface area contributed by atoms with Crippen molar-refractivity contribution in [3.8, 4) is 10.7 Å². The van der Waals surface area contributed by atoms with Gasteiger partial charge >= 0.3 is 0 Å². The minimum absolute atomic E-state index is 0.336. The number of nitrogens with one attached hydrogen (secondary N) is 2. The van der Waals surface area contributed by atoms with Gasteiger partial charge in [0.25, 0.3) is 0 Å². The molecule has 0 aliphatic heterocycles. The van der Waals surface area contributed by atoms with Gasteiger partial charge in [-0.3, -0.25) is 10.2 Å². The largest absolute Gasteiger partial charge is 0.281 e. The number of aromatic amines is 2. The van der Waals surface area contributed by atoms with Crippen LogP contribution in [-0.2, 0) is 0 Å². The fourth-order valence-electron chi connectivity index (χ4n) is 1.12. The SMILES string of the molecule is CC(C)c1nnsc1-c1nc(=S)[nH][nH]1. The molecule has 0 spiro atoms.